The van der Waals surface area contributed by atoms with Crippen LogP contribution in [0.5, 0.6) is 0 Å². The van der Waals surface area contributed by atoms with Crippen molar-refractivity contribution in [3.63, 3.8) is 0 Å². The summed E-state index contributed by atoms with van der Waals surface area (Å²) in [5, 5.41) is 13.0. The van der Waals surface area contributed by atoms with Crippen molar-refractivity contribution in [2.75, 3.05) is 6.61 Å². The molecule has 0 radical (unpaired) electrons. The highest BCUT2D eigenvalue weighted by Crippen LogP contribution is 2.41. The summed E-state index contributed by atoms with van der Waals surface area (Å²) in [7, 11) is 0. The number of carboxylic acid groups (broad SMARTS) is 1. The highest BCUT2D eigenvalue weighted by atomic mass is 16.5. The van der Waals surface area contributed by atoms with E-state index < -0.39 is 11.5 Å². The number of rotatable bonds is 7. The molecule has 1 atom stereocenters. The molecule has 4 nitrogen and oxygen atoms in total. The summed E-state index contributed by atoms with van der Waals surface area (Å²) < 4.78 is 6.05. The quantitative estimate of drug-likeness (QED) is 0.705. The third-order valence-corrected chi connectivity index (χ3v) is 4.55. The second-order valence-corrected chi connectivity index (χ2v) is 6.77. The van der Waals surface area contributed by atoms with Crippen molar-refractivity contribution >= 4 is 5.97 Å². The lowest BCUT2D eigenvalue weighted by atomic mass is 9.93. The zero-order valence-electron chi connectivity index (χ0n) is 12.9. The lowest BCUT2D eigenvalue weighted by Gasteiger charge is -2.34. The second-order valence-electron chi connectivity index (χ2n) is 6.77. The molecule has 1 unspecified atom stereocenters. The van der Waals surface area contributed by atoms with Gasteiger partial charge in [0.15, 0.2) is 0 Å². The first kappa shape index (κ1) is 15.8. The Morgan fingerprint density at radius 1 is 1.20 bits per heavy atom. The number of ether oxygens (including phenoxy) is 1. The largest absolute Gasteiger partial charge is 0.480 e. The first-order valence-electron chi connectivity index (χ1n) is 8.17. The van der Waals surface area contributed by atoms with Crippen molar-refractivity contribution in [2.24, 2.45) is 5.92 Å². The van der Waals surface area contributed by atoms with E-state index in [0.717, 1.165) is 25.7 Å². The van der Waals surface area contributed by atoms with Gasteiger partial charge in [-0.1, -0.05) is 25.7 Å². The van der Waals surface area contributed by atoms with Gasteiger partial charge in [0, 0.05) is 6.04 Å². The van der Waals surface area contributed by atoms with E-state index in [9.17, 15) is 9.90 Å². The van der Waals surface area contributed by atoms with E-state index in [2.05, 4.69) is 5.32 Å². The fourth-order valence-electron chi connectivity index (χ4n) is 3.32. The highest BCUT2D eigenvalue weighted by Gasteiger charge is 2.52. The minimum Gasteiger partial charge on any atom is -0.480 e. The van der Waals surface area contributed by atoms with Crippen molar-refractivity contribution in [1.29, 1.82) is 0 Å². The van der Waals surface area contributed by atoms with Crippen molar-refractivity contribution in [3.8, 4) is 0 Å². The topological polar surface area (TPSA) is 58.6 Å². The molecule has 0 bridgehead atoms. The van der Waals surface area contributed by atoms with Crippen LogP contribution in [-0.2, 0) is 9.53 Å². The molecule has 2 N–H and O–H groups in total. The molecule has 2 fully saturated rings. The molecule has 0 saturated heterocycles. The van der Waals surface area contributed by atoms with E-state index >= 15 is 0 Å². The van der Waals surface area contributed by atoms with Gasteiger partial charge in [-0.25, -0.2) is 0 Å². The summed E-state index contributed by atoms with van der Waals surface area (Å²) in [6.45, 7) is 4.33. The fraction of sp³-hybridized carbons (Fsp3) is 0.938. The smallest absolute Gasteiger partial charge is 0.326 e. The zero-order chi connectivity index (χ0) is 14.6. The average molecular weight is 283 g/mol. The Morgan fingerprint density at radius 2 is 1.80 bits per heavy atom. The number of nitrogens with one attached hydrogen (secondary N) is 1. The normalized spacial score (nSPS) is 24.4. The Kier molecular flexibility index (Phi) is 5.44. The lowest BCUT2D eigenvalue weighted by Crippen LogP contribution is -2.60. The van der Waals surface area contributed by atoms with Gasteiger partial charge in [0.05, 0.1) is 12.7 Å². The molecule has 0 spiro atoms. The lowest BCUT2D eigenvalue weighted by molar-refractivity contribution is -0.151. The Hall–Kier alpha value is -0.610. The molecule has 0 aromatic heterocycles. The molecule has 2 aliphatic carbocycles. The zero-order valence-corrected chi connectivity index (χ0v) is 12.9. The molecular weight excluding hydrogens is 254 g/mol. The molecule has 2 saturated carbocycles. The minimum atomic E-state index is -0.875. The molecule has 0 heterocycles. The van der Waals surface area contributed by atoms with E-state index in [0.29, 0.717) is 6.61 Å². The predicted octanol–water partition coefficient (Wildman–Crippen LogP) is 2.96. The number of aliphatic carboxylic acids is 1. The molecule has 0 aromatic carbocycles. The van der Waals surface area contributed by atoms with Crippen LogP contribution in [0.1, 0.15) is 65.2 Å². The highest BCUT2D eigenvalue weighted by molar-refractivity contribution is 5.80. The van der Waals surface area contributed by atoms with Crippen LogP contribution >= 0.6 is 0 Å². The SMILES string of the molecule is CC(C)NC(COC1CCCCCC1)(C(=O)O)C1CC1. The van der Waals surface area contributed by atoms with E-state index in [-0.39, 0.29) is 18.1 Å². The maximum absolute atomic E-state index is 11.8. The molecular formula is C16H29NO3. The van der Waals surface area contributed by atoms with E-state index in [1.807, 2.05) is 13.8 Å². The van der Waals surface area contributed by atoms with Gasteiger partial charge in [-0.2, -0.15) is 0 Å². The van der Waals surface area contributed by atoms with Crippen LogP contribution in [0.4, 0.5) is 0 Å². The van der Waals surface area contributed by atoms with Gasteiger partial charge < -0.3 is 9.84 Å². The van der Waals surface area contributed by atoms with E-state index in [1.54, 1.807) is 0 Å². The molecule has 2 aliphatic rings. The van der Waals surface area contributed by atoms with Crippen LogP contribution in [0.2, 0.25) is 0 Å². The third-order valence-electron chi connectivity index (χ3n) is 4.55. The van der Waals surface area contributed by atoms with Gasteiger partial charge in [0.1, 0.15) is 5.54 Å². The molecule has 0 aromatic rings. The summed E-state index contributed by atoms with van der Waals surface area (Å²) >= 11 is 0. The number of carbonyl (C=O) groups is 1. The average Bonchev–Trinajstić information content (AvgIpc) is 3.20. The molecule has 0 aliphatic heterocycles. The third kappa shape index (κ3) is 3.95. The minimum absolute atomic E-state index is 0.157. The summed E-state index contributed by atoms with van der Waals surface area (Å²) in [4.78, 5) is 11.8. The van der Waals surface area contributed by atoms with Gasteiger partial charge in [0.25, 0.3) is 0 Å². The van der Waals surface area contributed by atoms with Crippen molar-refractivity contribution in [1.82, 2.24) is 5.32 Å². The summed E-state index contributed by atoms with van der Waals surface area (Å²) in [6, 6.07) is 0.157. The van der Waals surface area contributed by atoms with Gasteiger partial charge >= 0.3 is 5.97 Å². The van der Waals surface area contributed by atoms with Crippen LogP contribution in [0, 0.1) is 5.92 Å². The first-order chi connectivity index (χ1) is 9.54. The molecule has 2 rings (SSSR count). The summed E-state index contributed by atoms with van der Waals surface area (Å²) in [6.07, 6.45) is 9.43. The Morgan fingerprint density at radius 3 is 2.25 bits per heavy atom. The summed E-state index contributed by atoms with van der Waals surface area (Å²) in [5.41, 5.74) is -0.875. The molecule has 20 heavy (non-hydrogen) atoms. The van der Waals surface area contributed by atoms with Crippen LogP contribution in [0.25, 0.3) is 0 Å². The van der Waals surface area contributed by atoms with Crippen molar-refractivity contribution in [3.05, 3.63) is 0 Å². The van der Waals surface area contributed by atoms with Gasteiger partial charge in [-0.05, 0) is 45.4 Å². The first-order valence-corrected chi connectivity index (χ1v) is 8.17. The van der Waals surface area contributed by atoms with E-state index in [4.69, 9.17) is 4.74 Å². The molecule has 116 valence electrons. The standard InChI is InChI=1S/C16H29NO3/c1-12(2)17-16(15(18)19,13-9-10-13)11-20-14-7-5-3-4-6-8-14/h12-14,17H,3-11H2,1-2H3,(H,18,19). The summed E-state index contributed by atoms with van der Waals surface area (Å²) in [5.74, 6) is -0.518. The Balaban J connectivity index is 1.97. The Bertz CT molecular complexity index is 320. The van der Waals surface area contributed by atoms with Crippen LogP contribution in [0.3, 0.4) is 0 Å². The van der Waals surface area contributed by atoms with Gasteiger partial charge in [-0.3, -0.25) is 10.1 Å². The fourth-order valence-corrected chi connectivity index (χ4v) is 3.32. The van der Waals surface area contributed by atoms with Crippen LogP contribution in [0.15, 0.2) is 0 Å². The molecule has 4 heteroatoms. The number of hydrogen-bond donors (Lipinski definition) is 2. The Labute approximate surface area is 122 Å². The van der Waals surface area contributed by atoms with Crippen molar-refractivity contribution in [2.45, 2.75) is 82.9 Å². The predicted molar refractivity (Wildman–Crippen MR) is 78.8 cm³/mol. The van der Waals surface area contributed by atoms with E-state index in [1.165, 1.54) is 25.7 Å². The van der Waals surface area contributed by atoms with Crippen LogP contribution < -0.4 is 5.32 Å². The number of carboxylic acids is 1. The monoisotopic (exact) mass is 283 g/mol. The number of hydrogen-bond acceptors (Lipinski definition) is 3. The second kappa shape index (κ2) is 6.90. The van der Waals surface area contributed by atoms with Gasteiger partial charge in [-0.15, -0.1) is 0 Å². The van der Waals surface area contributed by atoms with Crippen LogP contribution in [-0.4, -0.2) is 35.4 Å². The maximum atomic E-state index is 11.8. The van der Waals surface area contributed by atoms with Crippen molar-refractivity contribution < 1.29 is 14.6 Å². The van der Waals surface area contributed by atoms with Gasteiger partial charge in [0.2, 0.25) is 0 Å². The molecule has 0 amide bonds. The maximum Gasteiger partial charge on any atom is 0.326 e.